The van der Waals surface area contributed by atoms with Crippen molar-refractivity contribution in [3.8, 4) is 11.5 Å². The minimum Gasteiger partial charge on any atom is -0.504 e. The first-order valence-electron chi connectivity index (χ1n) is 8.18. The van der Waals surface area contributed by atoms with E-state index in [4.69, 9.17) is 4.74 Å². The smallest absolute Gasteiger partial charge is 0.259 e. The van der Waals surface area contributed by atoms with Crippen molar-refractivity contribution < 1.29 is 14.6 Å². The maximum Gasteiger partial charge on any atom is 0.259 e. The van der Waals surface area contributed by atoms with Gasteiger partial charge in [0.1, 0.15) is 0 Å². The lowest BCUT2D eigenvalue weighted by atomic mass is 10.1. The van der Waals surface area contributed by atoms with Gasteiger partial charge in [0.2, 0.25) is 0 Å². The van der Waals surface area contributed by atoms with Crippen LogP contribution >= 0.6 is 15.9 Å². The van der Waals surface area contributed by atoms with Crippen LogP contribution in [0.4, 0.5) is 5.69 Å². The first-order valence-corrected chi connectivity index (χ1v) is 8.97. The average molecular weight is 428 g/mol. The minimum atomic E-state index is -0.305. The molecule has 3 N–H and O–H groups in total. The van der Waals surface area contributed by atoms with E-state index in [0.717, 1.165) is 20.9 Å². The number of halogens is 1. The fourth-order valence-electron chi connectivity index (χ4n) is 2.54. The summed E-state index contributed by atoms with van der Waals surface area (Å²) in [4.78, 5) is 12.0. The molecule has 0 aliphatic carbocycles. The number of phenols is 1. The molecule has 0 aromatic heterocycles. The fourth-order valence-corrected chi connectivity index (χ4v) is 3.00. The van der Waals surface area contributed by atoms with Gasteiger partial charge in [0.05, 0.1) is 19.9 Å². The van der Waals surface area contributed by atoms with Crippen LogP contribution in [0.1, 0.15) is 5.56 Å². The Kier molecular flexibility index (Phi) is 5.93. The van der Waals surface area contributed by atoms with Gasteiger partial charge in [0, 0.05) is 15.7 Å². The molecule has 1 amide bonds. The van der Waals surface area contributed by atoms with Crippen LogP contribution in [-0.4, -0.2) is 30.9 Å². The lowest BCUT2D eigenvalue weighted by molar-refractivity contribution is -0.119. The maximum atomic E-state index is 12.0. The predicted molar refractivity (Wildman–Crippen MR) is 111 cm³/mol. The molecule has 3 rings (SSSR count). The van der Waals surface area contributed by atoms with Gasteiger partial charge in [0.15, 0.2) is 11.5 Å². The Morgan fingerprint density at radius 1 is 1.19 bits per heavy atom. The van der Waals surface area contributed by atoms with E-state index in [-0.39, 0.29) is 18.2 Å². The van der Waals surface area contributed by atoms with Crippen LogP contribution < -0.4 is 15.5 Å². The van der Waals surface area contributed by atoms with E-state index in [1.165, 1.54) is 13.3 Å². The number of fused-ring (bicyclic) bond motifs is 1. The Labute approximate surface area is 165 Å². The molecule has 3 aromatic carbocycles. The molecule has 27 heavy (non-hydrogen) atoms. The molecule has 0 atom stereocenters. The number of hydrazone groups is 1. The van der Waals surface area contributed by atoms with Gasteiger partial charge in [-0.1, -0.05) is 46.3 Å². The molecule has 138 valence electrons. The third kappa shape index (κ3) is 4.77. The zero-order valence-corrected chi connectivity index (χ0v) is 16.2. The molecule has 0 aliphatic heterocycles. The zero-order chi connectivity index (χ0) is 19.2. The zero-order valence-electron chi connectivity index (χ0n) is 14.6. The van der Waals surface area contributed by atoms with Crippen molar-refractivity contribution in [2.24, 2.45) is 5.10 Å². The van der Waals surface area contributed by atoms with Crippen LogP contribution in [0, 0.1) is 0 Å². The molecule has 0 spiro atoms. The molecule has 0 aliphatic rings. The minimum absolute atomic E-state index is 0.0482. The van der Waals surface area contributed by atoms with Crippen molar-refractivity contribution in [3.63, 3.8) is 0 Å². The highest BCUT2D eigenvalue weighted by molar-refractivity contribution is 9.10. The highest BCUT2D eigenvalue weighted by Gasteiger charge is 2.08. The monoisotopic (exact) mass is 427 g/mol. The van der Waals surface area contributed by atoms with E-state index in [2.05, 4.69) is 31.8 Å². The van der Waals surface area contributed by atoms with Gasteiger partial charge in [-0.3, -0.25) is 4.79 Å². The molecule has 0 fully saturated rings. The quantitative estimate of drug-likeness (QED) is 0.411. The number of aromatic hydroxyl groups is 1. The molecule has 7 heteroatoms. The Bertz CT molecular complexity index is 1000. The third-order valence-corrected chi connectivity index (χ3v) is 4.34. The number of phenolic OH excluding ortho intramolecular Hbond substituents is 1. The third-order valence-electron chi connectivity index (χ3n) is 3.88. The SMILES string of the molecule is COc1cc(Br)cc(C=NNC(=O)CNc2ccc3ccccc3c2)c1O. The van der Waals surface area contributed by atoms with Crippen molar-refractivity contribution in [2.45, 2.75) is 0 Å². The number of methoxy groups -OCH3 is 1. The molecule has 6 nitrogen and oxygen atoms in total. The van der Waals surface area contributed by atoms with E-state index >= 15 is 0 Å². The van der Waals surface area contributed by atoms with Crippen molar-refractivity contribution in [2.75, 3.05) is 19.0 Å². The molecule has 0 unspecified atom stereocenters. The number of benzene rings is 3. The molecule has 0 bridgehead atoms. The second kappa shape index (κ2) is 8.55. The van der Waals surface area contributed by atoms with Gasteiger partial charge in [-0.15, -0.1) is 0 Å². The van der Waals surface area contributed by atoms with Crippen LogP contribution in [0.15, 0.2) is 64.2 Å². The fraction of sp³-hybridized carbons (Fsp3) is 0.100. The van der Waals surface area contributed by atoms with Crippen molar-refractivity contribution in [1.82, 2.24) is 5.43 Å². The average Bonchev–Trinajstić information content (AvgIpc) is 2.68. The van der Waals surface area contributed by atoms with E-state index in [9.17, 15) is 9.90 Å². The molecular formula is C20H18BrN3O3. The highest BCUT2D eigenvalue weighted by atomic mass is 79.9. The van der Waals surface area contributed by atoms with Crippen LogP contribution in [0.3, 0.4) is 0 Å². The number of carbonyl (C=O) groups excluding carboxylic acids is 1. The van der Waals surface area contributed by atoms with Crippen molar-refractivity contribution >= 4 is 44.5 Å². The standard InChI is InChI=1S/C20H18BrN3O3/c1-27-18-10-16(21)8-15(20(18)26)11-23-24-19(25)12-22-17-7-6-13-4-2-3-5-14(13)9-17/h2-11,22,26H,12H2,1H3,(H,24,25). The summed E-state index contributed by atoms with van der Waals surface area (Å²) < 4.78 is 5.80. The number of hydrogen-bond donors (Lipinski definition) is 3. The van der Waals surface area contributed by atoms with E-state index < -0.39 is 0 Å². The van der Waals surface area contributed by atoms with Crippen molar-refractivity contribution in [3.05, 3.63) is 64.6 Å². The van der Waals surface area contributed by atoms with E-state index in [0.29, 0.717) is 11.3 Å². The van der Waals surface area contributed by atoms with Crippen LogP contribution in [0.2, 0.25) is 0 Å². The number of anilines is 1. The Morgan fingerprint density at radius 3 is 2.74 bits per heavy atom. The molecule has 0 radical (unpaired) electrons. The number of hydrogen-bond acceptors (Lipinski definition) is 5. The first-order chi connectivity index (χ1) is 13.1. The summed E-state index contributed by atoms with van der Waals surface area (Å²) in [6, 6.07) is 17.2. The van der Waals surface area contributed by atoms with E-state index in [1.54, 1.807) is 12.1 Å². The van der Waals surface area contributed by atoms with E-state index in [1.807, 2.05) is 42.5 Å². The summed E-state index contributed by atoms with van der Waals surface area (Å²) in [7, 11) is 1.46. The predicted octanol–water partition coefficient (Wildman–Crippen LogP) is 3.88. The number of rotatable bonds is 6. The summed E-state index contributed by atoms with van der Waals surface area (Å²) in [5.41, 5.74) is 3.69. The number of ether oxygens (including phenoxy) is 1. The maximum absolute atomic E-state index is 12.0. The number of amides is 1. The second-order valence-electron chi connectivity index (χ2n) is 5.75. The van der Waals surface area contributed by atoms with Gasteiger partial charge in [0.25, 0.3) is 5.91 Å². The lowest BCUT2D eigenvalue weighted by Gasteiger charge is -2.08. The summed E-state index contributed by atoms with van der Waals surface area (Å²) in [5, 5.41) is 19.2. The summed E-state index contributed by atoms with van der Waals surface area (Å²) >= 11 is 3.33. The Hall–Kier alpha value is -3.06. The van der Waals surface area contributed by atoms with Crippen LogP contribution in [0.5, 0.6) is 11.5 Å². The van der Waals surface area contributed by atoms with Gasteiger partial charge in [-0.05, 0) is 35.0 Å². The van der Waals surface area contributed by atoms with Gasteiger partial charge in [-0.2, -0.15) is 5.10 Å². The largest absolute Gasteiger partial charge is 0.504 e. The topological polar surface area (TPSA) is 83.0 Å². The number of nitrogens with zero attached hydrogens (tertiary/aromatic N) is 1. The van der Waals surface area contributed by atoms with Crippen molar-refractivity contribution in [1.29, 1.82) is 0 Å². The van der Waals surface area contributed by atoms with Crippen LogP contribution in [-0.2, 0) is 4.79 Å². The van der Waals surface area contributed by atoms with Gasteiger partial charge < -0.3 is 15.2 Å². The van der Waals surface area contributed by atoms with Gasteiger partial charge in [-0.25, -0.2) is 5.43 Å². The number of carbonyl (C=O) groups is 1. The number of nitrogens with one attached hydrogen (secondary N) is 2. The summed E-state index contributed by atoms with van der Waals surface area (Å²) in [6.07, 6.45) is 1.36. The summed E-state index contributed by atoms with van der Waals surface area (Å²) in [5.74, 6) is -0.0380. The van der Waals surface area contributed by atoms with Crippen LogP contribution in [0.25, 0.3) is 10.8 Å². The first kappa shape index (κ1) is 18.7. The Balaban J connectivity index is 1.58. The summed E-state index contributed by atoms with van der Waals surface area (Å²) in [6.45, 7) is 0.0729. The molecule has 3 aromatic rings. The molecule has 0 saturated carbocycles. The molecule has 0 heterocycles. The normalized spacial score (nSPS) is 10.9. The molecular weight excluding hydrogens is 410 g/mol. The second-order valence-corrected chi connectivity index (χ2v) is 6.67. The van der Waals surface area contributed by atoms with Gasteiger partial charge >= 0.3 is 0 Å². The lowest BCUT2D eigenvalue weighted by Crippen LogP contribution is -2.25. The highest BCUT2D eigenvalue weighted by Crippen LogP contribution is 2.32. The molecule has 0 saturated heterocycles. The Morgan fingerprint density at radius 2 is 1.96 bits per heavy atom.